The molecule has 0 unspecified atom stereocenters. The molecular weight excluding hydrogens is 361 g/mol. The number of carbonyl (C=O) groups excluding carboxylic acids is 1. The first kappa shape index (κ1) is 17.3. The van der Waals surface area contributed by atoms with Gasteiger partial charge in [-0.25, -0.2) is 4.39 Å². The van der Waals surface area contributed by atoms with E-state index >= 15 is 0 Å². The van der Waals surface area contributed by atoms with E-state index in [4.69, 9.17) is 4.74 Å². The lowest BCUT2D eigenvalue weighted by Gasteiger charge is -2.10. The number of rotatable bonds is 5. The lowest BCUT2D eigenvalue weighted by atomic mass is 10.1. The maximum absolute atomic E-state index is 12.9. The van der Waals surface area contributed by atoms with Crippen LogP contribution in [0.3, 0.4) is 0 Å². The molecule has 4 aromatic rings. The Morgan fingerprint density at radius 1 is 0.929 bits per heavy atom. The first-order valence-electron chi connectivity index (χ1n) is 8.36. The predicted molar refractivity (Wildman–Crippen MR) is 100 cm³/mol. The third-order valence-corrected chi connectivity index (χ3v) is 3.91. The summed E-state index contributed by atoms with van der Waals surface area (Å²) in [6.07, 6.45) is 1.42. The fourth-order valence-electron chi connectivity index (χ4n) is 2.58. The molecule has 0 saturated carbocycles. The van der Waals surface area contributed by atoms with Gasteiger partial charge in [0.1, 0.15) is 23.6 Å². The number of anilines is 1. The van der Waals surface area contributed by atoms with Crippen LogP contribution in [0.4, 0.5) is 10.1 Å². The Morgan fingerprint density at radius 3 is 2.29 bits per heavy atom. The third kappa shape index (κ3) is 3.85. The molecule has 28 heavy (non-hydrogen) atoms. The molecule has 1 amide bonds. The van der Waals surface area contributed by atoms with E-state index in [0.717, 1.165) is 0 Å². The SMILES string of the molecule is O=C(Nc1ccc(Oc2ccc(F)cc2)cc1)c1ccccc1-n1cnnn1. The van der Waals surface area contributed by atoms with E-state index in [1.165, 1.54) is 23.1 Å². The second kappa shape index (κ2) is 7.67. The summed E-state index contributed by atoms with van der Waals surface area (Å²) in [6, 6.07) is 19.6. The van der Waals surface area contributed by atoms with Crippen molar-refractivity contribution in [2.24, 2.45) is 0 Å². The highest BCUT2D eigenvalue weighted by atomic mass is 19.1. The van der Waals surface area contributed by atoms with Crippen molar-refractivity contribution < 1.29 is 13.9 Å². The number of amides is 1. The Kier molecular flexibility index (Phi) is 4.75. The van der Waals surface area contributed by atoms with Crippen LogP contribution in [-0.2, 0) is 0 Å². The fraction of sp³-hybridized carbons (Fsp3) is 0. The zero-order chi connectivity index (χ0) is 19.3. The van der Waals surface area contributed by atoms with Crippen molar-refractivity contribution in [3.8, 4) is 17.2 Å². The summed E-state index contributed by atoms with van der Waals surface area (Å²) in [5.41, 5.74) is 1.60. The molecule has 0 saturated heterocycles. The van der Waals surface area contributed by atoms with E-state index in [1.54, 1.807) is 60.7 Å². The Bertz CT molecular complexity index is 1080. The Labute approximate surface area is 159 Å². The van der Waals surface area contributed by atoms with Gasteiger partial charge in [-0.1, -0.05) is 12.1 Å². The van der Waals surface area contributed by atoms with E-state index in [-0.39, 0.29) is 11.7 Å². The molecule has 0 aliphatic carbocycles. The number of tetrazole rings is 1. The van der Waals surface area contributed by atoms with Gasteiger partial charge in [0.25, 0.3) is 5.91 Å². The highest BCUT2D eigenvalue weighted by Gasteiger charge is 2.13. The molecule has 7 nitrogen and oxygen atoms in total. The van der Waals surface area contributed by atoms with Crippen molar-refractivity contribution in [1.82, 2.24) is 20.2 Å². The van der Waals surface area contributed by atoms with Crippen LogP contribution in [0.25, 0.3) is 5.69 Å². The van der Waals surface area contributed by atoms with Gasteiger partial charge in [0.15, 0.2) is 0 Å². The summed E-state index contributed by atoms with van der Waals surface area (Å²) >= 11 is 0. The maximum Gasteiger partial charge on any atom is 0.257 e. The number of nitrogens with one attached hydrogen (secondary N) is 1. The first-order valence-corrected chi connectivity index (χ1v) is 8.36. The van der Waals surface area contributed by atoms with Crippen LogP contribution < -0.4 is 10.1 Å². The van der Waals surface area contributed by atoms with Crippen molar-refractivity contribution in [2.75, 3.05) is 5.32 Å². The molecule has 4 rings (SSSR count). The van der Waals surface area contributed by atoms with Crippen LogP contribution in [-0.4, -0.2) is 26.1 Å². The number of ether oxygens (including phenoxy) is 1. The minimum absolute atomic E-state index is 0.293. The van der Waals surface area contributed by atoms with Gasteiger partial charge in [-0.2, -0.15) is 4.68 Å². The Balaban J connectivity index is 1.48. The molecule has 0 spiro atoms. The number of nitrogens with zero attached hydrogens (tertiary/aromatic N) is 4. The van der Waals surface area contributed by atoms with E-state index in [0.29, 0.717) is 28.4 Å². The first-order chi connectivity index (χ1) is 13.7. The van der Waals surface area contributed by atoms with Gasteiger partial charge in [-0.15, -0.1) is 5.10 Å². The van der Waals surface area contributed by atoms with E-state index < -0.39 is 0 Å². The minimum atomic E-state index is -0.327. The number of carbonyl (C=O) groups is 1. The topological polar surface area (TPSA) is 81.9 Å². The van der Waals surface area contributed by atoms with Crippen LogP contribution in [0, 0.1) is 5.82 Å². The number of halogens is 1. The van der Waals surface area contributed by atoms with Crippen LogP contribution >= 0.6 is 0 Å². The van der Waals surface area contributed by atoms with Crippen molar-refractivity contribution in [3.05, 3.63) is 90.5 Å². The zero-order valence-electron chi connectivity index (χ0n) is 14.5. The number of para-hydroxylation sites is 1. The monoisotopic (exact) mass is 375 g/mol. The maximum atomic E-state index is 12.9. The highest BCUT2D eigenvalue weighted by molar-refractivity contribution is 6.06. The van der Waals surface area contributed by atoms with Crippen LogP contribution in [0.1, 0.15) is 10.4 Å². The van der Waals surface area contributed by atoms with E-state index in [1.807, 2.05) is 0 Å². The summed E-state index contributed by atoms with van der Waals surface area (Å²) in [6.45, 7) is 0. The summed E-state index contributed by atoms with van der Waals surface area (Å²) < 4.78 is 20.0. The standard InChI is InChI=1S/C20H14FN5O2/c21-14-5-9-16(10-6-14)28-17-11-7-15(8-12-17)23-20(27)18-3-1-2-4-19(18)26-13-22-24-25-26/h1-13H,(H,23,27). The minimum Gasteiger partial charge on any atom is -0.457 e. The number of hydrogen-bond acceptors (Lipinski definition) is 5. The molecule has 0 radical (unpaired) electrons. The van der Waals surface area contributed by atoms with Crippen LogP contribution in [0.5, 0.6) is 11.5 Å². The van der Waals surface area contributed by atoms with Gasteiger partial charge in [-0.3, -0.25) is 4.79 Å². The molecule has 3 aromatic carbocycles. The van der Waals surface area contributed by atoms with Gasteiger partial charge in [0.2, 0.25) is 0 Å². The lowest BCUT2D eigenvalue weighted by molar-refractivity contribution is 0.102. The van der Waals surface area contributed by atoms with Gasteiger partial charge in [-0.05, 0) is 71.1 Å². The predicted octanol–water partition coefficient (Wildman–Crippen LogP) is 3.85. The summed E-state index contributed by atoms with van der Waals surface area (Å²) in [5.74, 6) is 0.470. The fourth-order valence-corrected chi connectivity index (χ4v) is 2.58. The van der Waals surface area contributed by atoms with Gasteiger partial charge < -0.3 is 10.1 Å². The number of benzene rings is 3. The zero-order valence-corrected chi connectivity index (χ0v) is 14.5. The summed E-state index contributed by atoms with van der Waals surface area (Å²) in [4.78, 5) is 12.7. The largest absolute Gasteiger partial charge is 0.457 e. The van der Waals surface area contributed by atoms with E-state index in [2.05, 4.69) is 20.8 Å². The van der Waals surface area contributed by atoms with Gasteiger partial charge in [0.05, 0.1) is 11.3 Å². The Hall–Kier alpha value is -4.07. The molecule has 0 aliphatic heterocycles. The molecule has 0 fully saturated rings. The normalized spacial score (nSPS) is 10.5. The van der Waals surface area contributed by atoms with E-state index in [9.17, 15) is 9.18 Å². The quantitative estimate of drug-likeness (QED) is 0.573. The number of aromatic nitrogens is 4. The van der Waals surface area contributed by atoms with Crippen molar-refractivity contribution in [2.45, 2.75) is 0 Å². The average molecular weight is 375 g/mol. The molecular formula is C20H14FN5O2. The van der Waals surface area contributed by atoms with Crippen molar-refractivity contribution in [3.63, 3.8) is 0 Å². The lowest BCUT2D eigenvalue weighted by Crippen LogP contribution is -2.15. The smallest absolute Gasteiger partial charge is 0.257 e. The molecule has 0 atom stereocenters. The molecule has 1 heterocycles. The second-order valence-corrected chi connectivity index (χ2v) is 5.81. The molecule has 1 aromatic heterocycles. The Morgan fingerprint density at radius 2 is 1.61 bits per heavy atom. The third-order valence-electron chi connectivity index (χ3n) is 3.91. The molecule has 138 valence electrons. The van der Waals surface area contributed by atoms with Crippen LogP contribution in [0.15, 0.2) is 79.1 Å². The molecule has 0 aliphatic rings. The van der Waals surface area contributed by atoms with Crippen molar-refractivity contribution >= 4 is 11.6 Å². The van der Waals surface area contributed by atoms with Gasteiger partial charge >= 0.3 is 0 Å². The molecule has 8 heteroatoms. The summed E-state index contributed by atoms with van der Waals surface area (Å²) in [5, 5.41) is 13.9. The average Bonchev–Trinajstić information content (AvgIpc) is 3.26. The number of hydrogen-bond donors (Lipinski definition) is 1. The van der Waals surface area contributed by atoms with Gasteiger partial charge in [0, 0.05) is 5.69 Å². The van der Waals surface area contributed by atoms with Crippen LogP contribution in [0.2, 0.25) is 0 Å². The molecule has 1 N–H and O–H groups in total. The highest BCUT2D eigenvalue weighted by Crippen LogP contribution is 2.24. The molecule has 0 bridgehead atoms. The summed E-state index contributed by atoms with van der Waals surface area (Å²) in [7, 11) is 0. The second-order valence-electron chi connectivity index (χ2n) is 5.81. The van der Waals surface area contributed by atoms with Crippen molar-refractivity contribution in [1.29, 1.82) is 0 Å².